The van der Waals surface area contributed by atoms with Gasteiger partial charge in [-0.3, -0.25) is 0 Å². The first kappa shape index (κ1) is 21.9. The molecule has 26 heavy (non-hydrogen) atoms. The molecule has 2 rings (SSSR count). The van der Waals surface area contributed by atoms with Gasteiger partial charge in [-0.25, -0.2) is 0 Å². The molecule has 0 aliphatic carbocycles. The van der Waals surface area contributed by atoms with Crippen molar-refractivity contribution in [2.45, 2.75) is 95.3 Å². The van der Waals surface area contributed by atoms with Crippen LogP contribution in [0.25, 0.3) is 4.83 Å². The molecule has 0 bridgehead atoms. The van der Waals surface area contributed by atoms with E-state index in [1.54, 1.807) is 11.3 Å². The van der Waals surface area contributed by atoms with E-state index in [4.69, 9.17) is 0 Å². The van der Waals surface area contributed by atoms with Crippen molar-refractivity contribution in [2.24, 2.45) is 0 Å². The summed E-state index contributed by atoms with van der Waals surface area (Å²) in [6.07, 6.45) is 14.5. The van der Waals surface area contributed by atoms with Crippen LogP contribution in [0.5, 0.6) is 0 Å². The second kappa shape index (κ2) is 10.8. The maximum atomic E-state index is 12.2. The fourth-order valence-corrected chi connectivity index (χ4v) is 10.8. The van der Waals surface area contributed by atoms with Gasteiger partial charge in [0.2, 0.25) is 0 Å². The number of nitrogens with zero attached hydrogens (tertiary/aromatic N) is 2. The van der Waals surface area contributed by atoms with Crippen molar-refractivity contribution in [1.29, 1.82) is 0 Å². The van der Waals surface area contributed by atoms with E-state index >= 15 is 0 Å². The number of unbranched alkanes of at least 4 members (excludes halogenated alkanes) is 3. The summed E-state index contributed by atoms with van der Waals surface area (Å²) in [7, 11) is 0. The minimum absolute atomic E-state index is 0.167. The summed E-state index contributed by atoms with van der Waals surface area (Å²) in [4.78, 5) is 17.7. The summed E-state index contributed by atoms with van der Waals surface area (Å²) in [6.45, 7) is 8.87. The van der Waals surface area contributed by atoms with E-state index in [2.05, 4.69) is 35.5 Å². The fourth-order valence-electron chi connectivity index (χ4n) is 3.62. The topological polar surface area (TPSA) is 34.4 Å². The Morgan fingerprint density at radius 3 is 2.15 bits per heavy atom. The Balaban J connectivity index is 2.32. The molecular formula is C21H34N2OSSn. The van der Waals surface area contributed by atoms with Crippen LogP contribution >= 0.6 is 11.3 Å². The Hall–Kier alpha value is -0.361. The van der Waals surface area contributed by atoms with Crippen LogP contribution in [0.4, 0.5) is 0 Å². The number of fused-ring (bicyclic) bond motifs is 1. The van der Waals surface area contributed by atoms with Gasteiger partial charge in [0.1, 0.15) is 0 Å². The molecule has 0 saturated heterocycles. The number of Topliss-reactive ketones (excluding diaryl/α,β-unsaturated/α-hetero) is 1. The van der Waals surface area contributed by atoms with Gasteiger partial charge in [-0.05, 0) is 0 Å². The van der Waals surface area contributed by atoms with Crippen LogP contribution in [0.2, 0.25) is 3.43 Å². The zero-order valence-electron chi connectivity index (χ0n) is 16.9. The number of aromatic nitrogens is 2. The van der Waals surface area contributed by atoms with Gasteiger partial charge in [0.15, 0.2) is 0 Å². The van der Waals surface area contributed by atoms with E-state index in [0.717, 1.165) is 4.83 Å². The van der Waals surface area contributed by atoms with Gasteiger partial charge in [0.25, 0.3) is 0 Å². The first-order valence-electron chi connectivity index (χ1n) is 10.4. The van der Waals surface area contributed by atoms with Crippen molar-refractivity contribution < 1.29 is 4.79 Å². The van der Waals surface area contributed by atoms with Gasteiger partial charge in [-0.1, -0.05) is 0 Å². The molecule has 3 nitrogen and oxygen atoms in total. The minimum atomic E-state index is -0.789. The Kier molecular flexibility index (Phi) is 9.14. The molecule has 0 N–H and O–H groups in total. The summed E-state index contributed by atoms with van der Waals surface area (Å²) in [6, 6.07) is 0. The van der Waals surface area contributed by atoms with E-state index in [0.29, 0.717) is 15.5 Å². The second-order valence-electron chi connectivity index (χ2n) is 7.38. The van der Waals surface area contributed by atoms with Gasteiger partial charge in [-0.15, -0.1) is 0 Å². The number of imidazole rings is 1. The molecule has 0 unspecified atom stereocenters. The van der Waals surface area contributed by atoms with Crippen molar-refractivity contribution in [3.05, 3.63) is 17.4 Å². The monoisotopic (exact) mass is 482 g/mol. The number of hydrogen-bond donors (Lipinski definition) is 0. The Morgan fingerprint density at radius 1 is 1.08 bits per heavy atom. The summed E-state index contributed by atoms with van der Waals surface area (Å²) >= 11 is 0.937. The van der Waals surface area contributed by atoms with Gasteiger partial charge in [0, 0.05) is 0 Å². The normalized spacial score (nSPS) is 12.2. The quantitative estimate of drug-likeness (QED) is 0.258. The van der Waals surface area contributed by atoms with Crippen molar-refractivity contribution in [3.63, 3.8) is 0 Å². The zero-order valence-corrected chi connectivity index (χ0v) is 20.6. The van der Waals surface area contributed by atoms with Crippen molar-refractivity contribution in [3.8, 4) is 0 Å². The third-order valence-electron chi connectivity index (χ3n) is 5.27. The first-order valence-corrected chi connectivity index (χ1v) is 14.1. The van der Waals surface area contributed by atoms with E-state index in [-0.39, 0.29) is 5.78 Å². The molecule has 144 valence electrons. The third-order valence-corrected chi connectivity index (χ3v) is 12.3. The standard InChI is InChI=1S/C13H27.C8H7N2OS.Sn/c1-4-7-10-13(11-8-5-2)12-9-6-3;1-2-6(11)7-8-10(5-9-7)3-4-12-8;/h4-12H2,1-3H3;4-5H,2H2,1H3;. The number of thiazole rings is 1. The second-order valence-corrected chi connectivity index (χ2v) is 13.4. The number of carbonyl (C=O) groups excluding carboxylic acids is 1. The third kappa shape index (κ3) is 5.34. The molecule has 0 saturated carbocycles. The van der Waals surface area contributed by atoms with Crippen molar-refractivity contribution in [1.82, 2.24) is 9.38 Å². The Labute approximate surface area is 173 Å². The van der Waals surface area contributed by atoms with E-state index < -0.39 is 21.1 Å². The van der Waals surface area contributed by atoms with Crippen LogP contribution in [0.1, 0.15) is 102 Å². The molecule has 2 aromatic rings. The Bertz CT molecular complexity index is 670. The van der Waals surface area contributed by atoms with E-state index in [1.807, 2.05) is 13.3 Å². The fraction of sp³-hybridized carbons (Fsp3) is 0.714. The molecule has 0 aromatic carbocycles. The van der Waals surface area contributed by atoms with Crippen molar-refractivity contribution in [2.75, 3.05) is 0 Å². The SMILES string of the molecule is CCCC[C](CCCC)(CCCC)[Sn][c]1csc2c(C(=O)CC)ncn12. The number of ketones is 1. The number of hydrogen-bond acceptors (Lipinski definition) is 3. The summed E-state index contributed by atoms with van der Waals surface area (Å²) < 4.78 is 4.34. The molecular weight excluding hydrogens is 447 g/mol. The molecule has 2 radical (unpaired) electrons. The first-order chi connectivity index (χ1) is 12.6. The summed E-state index contributed by atoms with van der Waals surface area (Å²) in [5, 5.41) is 2.34. The maximum absolute atomic E-state index is 12.2. The molecule has 5 heteroatoms. The zero-order chi connectivity index (χ0) is 19.0. The van der Waals surface area contributed by atoms with Crippen LogP contribution in [-0.4, -0.2) is 36.3 Å². The van der Waals surface area contributed by atoms with Crippen LogP contribution in [-0.2, 0) is 0 Å². The van der Waals surface area contributed by atoms with Gasteiger partial charge >= 0.3 is 174 Å². The average Bonchev–Trinajstić information content (AvgIpc) is 3.25. The molecule has 2 heterocycles. The molecule has 2 aromatic heterocycles. The van der Waals surface area contributed by atoms with Crippen LogP contribution in [0.15, 0.2) is 11.7 Å². The van der Waals surface area contributed by atoms with Crippen molar-refractivity contribution >= 4 is 46.8 Å². The molecule has 0 atom stereocenters. The molecule has 0 spiro atoms. The number of carbonyl (C=O) groups is 1. The Morgan fingerprint density at radius 2 is 1.65 bits per heavy atom. The predicted octanol–water partition coefficient (Wildman–Crippen LogP) is 6.05. The van der Waals surface area contributed by atoms with Crippen LogP contribution < -0.4 is 3.71 Å². The molecule has 0 amide bonds. The molecule has 0 fully saturated rings. The molecule has 0 aliphatic heterocycles. The predicted molar refractivity (Wildman–Crippen MR) is 114 cm³/mol. The molecule has 0 aliphatic rings. The van der Waals surface area contributed by atoms with Crippen LogP contribution in [0, 0.1) is 0 Å². The van der Waals surface area contributed by atoms with Gasteiger partial charge in [0.05, 0.1) is 0 Å². The van der Waals surface area contributed by atoms with E-state index in [9.17, 15) is 4.79 Å². The summed E-state index contributed by atoms with van der Waals surface area (Å²) in [5.41, 5.74) is 0.685. The van der Waals surface area contributed by atoms with Crippen LogP contribution in [0.3, 0.4) is 0 Å². The summed E-state index contributed by atoms with van der Waals surface area (Å²) in [5.74, 6) is 0.167. The average molecular weight is 481 g/mol. The van der Waals surface area contributed by atoms with Gasteiger partial charge in [-0.2, -0.15) is 0 Å². The number of rotatable bonds is 13. The van der Waals surface area contributed by atoms with E-state index in [1.165, 1.54) is 61.5 Å². The van der Waals surface area contributed by atoms with Gasteiger partial charge < -0.3 is 0 Å².